The Bertz CT molecular complexity index is 811. The molecule has 2 rings (SSSR count). The van der Waals surface area contributed by atoms with Crippen molar-refractivity contribution in [3.63, 3.8) is 0 Å². The topological polar surface area (TPSA) is 108 Å². The summed E-state index contributed by atoms with van der Waals surface area (Å²) in [5.74, 6) is -0.929. The first-order chi connectivity index (χ1) is 16.0. The van der Waals surface area contributed by atoms with E-state index < -0.39 is 11.9 Å². The molecule has 0 aliphatic heterocycles. The van der Waals surface area contributed by atoms with E-state index in [0.717, 1.165) is 0 Å². The molecule has 0 saturated carbocycles. The largest absolute Gasteiger partial charge is 0.496 e. The predicted octanol–water partition coefficient (Wildman–Crippen LogP) is 4.09. The second-order valence-corrected chi connectivity index (χ2v) is 6.31. The van der Waals surface area contributed by atoms with Crippen LogP contribution in [0.5, 0.6) is 23.0 Å². The molecule has 0 aliphatic rings. The Kier molecular flexibility index (Phi) is 10.3. The molecule has 33 heavy (non-hydrogen) atoms. The quantitative estimate of drug-likeness (QED) is 0.319. The van der Waals surface area contributed by atoms with Crippen molar-refractivity contribution in [1.29, 1.82) is 0 Å². The molecule has 178 valence electrons. The minimum atomic E-state index is -0.905. The molecule has 2 aromatic carbocycles. The molecule has 10 heteroatoms. The van der Waals surface area contributed by atoms with Crippen LogP contribution in [0, 0.1) is 13.2 Å². The Morgan fingerprint density at radius 2 is 1.03 bits per heavy atom. The summed E-state index contributed by atoms with van der Waals surface area (Å²) >= 11 is 0. The molecule has 0 spiro atoms. The third-order valence-corrected chi connectivity index (χ3v) is 4.32. The highest BCUT2D eigenvalue weighted by Gasteiger charge is 2.27. The predicted molar refractivity (Wildman–Crippen MR) is 115 cm³/mol. The van der Waals surface area contributed by atoms with Crippen LogP contribution in [0.2, 0.25) is 0 Å². The number of hydrogen-bond donors (Lipinski definition) is 0. The van der Waals surface area contributed by atoms with Gasteiger partial charge in [-0.05, 0) is 30.7 Å². The minimum absolute atomic E-state index is 0.00904. The number of carbonyl (C=O) groups is 2. The zero-order valence-corrected chi connectivity index (χ0v) is 18.9. The minimum Gasteiger partial charge on any atom is -0.496 e. The first-order valence-corrected chi connectivity index (χ1v) is 9.85. The van der Waals surface area contributed by atoms with Gasteiger partial charge in [0.1, 0.15) is 34.1 Å². The zero-order chi connectivity index (χ0) is 24.2. The fraction of sp³-hybridized carbons (Fsp3) is 0.304. The fourth-order valence-electron chi connectivity index (χ4n) is 2.72. The molecule has 0 atom stereocenters. The molecule has 10 nitrogen and oxygen atoms in total. The number of carbonyl (C=O) groups excluding carboxylic acids is 2. The van der Waals surface area contributed by atoms with Gasteiger partial charge in [0.25, 0.3) is 0 Å². The normalized spacial score (nSPS) is 10.5. The van der Waals surface area contributed by atoms with E-state index in [1.807, 2.05) is 0 Å². The average Bonchev–Trinajstić information content (AvgIpc) is 2.86. The van der Waals surface area contributed by atoms with Crippen LogP contribution >= 0.6 is 0 Å². The molecule has 0 fully saturated rings. The van der Waals surface area contributed by atoms with E-state index in [9.17, 15) is 9.59 Å². The van der Waals surface area contributed by atoms with Gasteiger partial charge in [-0.3, -0.25) is 9.78 Å². The molecule has 0 saturated heterocycles. The lowest BCUT2D eigenvalue weighted by molar-refractivity contribution is -0.363. The number of rotatable bonds is 13. The summed E-state index contributed by atoms with van der Waals surface area (Å²) in [6.07, 6.45) is 0.887. The number of methoxy groups -OCH3 is 4. The van der Waals surface area contributed by atoms with Gasteiger partial charge in [0.05, 0.1) is 28.4 Å². The number of hydrogen-bond acceptors (Lipinski definition) is 10. The van der Waals surface area contributed by atoms with Crippen LogP contribution < -0.4 is 18.9 Å². The lowest BCUT2D eigenvalue weighted by Gasteiger charge is -2.16. The van der Waals surface area contributed by atoms with Crippen LogP contribution in [-0.2, 0) is 19.6 Å². The third-order valence-electron chi connectivity index (χ3n) is 4.32. The summed E-state index contributed by atoms with van der Waals surface area (Å²) in [5.41, 5.74) is 0.0181. The molecule has 0 aliphatic carbocycles. The van der Waals surface area contributed by atoms with E-state index in [-0.39, 0.29) is 46.8 Å². The molecule has 0 unspecified atom stereocenters. The van der Waals surface area contributed by atoms with Gasteiger partial charge in [0, 0.05) is 6.42 Å². The van der Waals surface area contributed by atoms with Crippen molar-refractivity contribution in [3.8, 4) is 23.0 Å². The zero-order valence-electron chi connectivity index (χ0n) is 18.9. The maximum atomic E-state index is 12.6. The maximum Gasteiger partial charge on any atom is 0.380 e. The molecule has 2 aromatic rings. The molecular formula is C23H26O10. The van der Waals surface area contributed by atoms with E-state index >= 15 is 0 Å². The van der Waals surface area contributed by atoms with Crippen LogP contribution in [-0.4, -0.2) is 40.4 Å². The average molecular weight is 462 g/mol. The van der Waals surface area contributed by atoms with Gasteiger partial charge in [0.2, 0.25) is 0 Å². The number of ether oxygens (including phenoxy) is 4. The summed E-state index contributed by atoms with van der Waals surface area (Å²) < 4.78 is 20.7. The van der Waals surface area contributed by atoms with E-state index in [1.54, 1.807) is 36.4 Å². The van der Waals surface area contributed by atoms with E-state index in [1.165, 1.54) is 28.4 Å². The molecule has 0 bridgehead atoms. The van der Waals surface area contributed by atoms with E-state index in [4.69, 9.17) is 38.5 Å². The second-order valence-electron chi connectivity index (χ2n) is 6.31. The van der Waals surface area contributed by atoms with Gasteiger partial charge in [-0.25, -0.2) is 9.59 Å². The summed E-state index contributed by atoms with van der Waals surface area (Å²) in [7, 11) is 5.58. The highest BCUT2D eigenvalue weighted by molar-refractivity contribution is 5.96. The molecule has 0 amide bonds. The van der Waals surface area contributed by atoms with Gasteiger partial charge < -0.3 is 18.9 Å². The lowest BCUT2D eigenvalue weighted by atomic mass is 10.2. The molecule has 0 N–H and O–H groups in total. The molecular weight excluding hydrogens is 436 g/mol. The Hall–Kier alpha value is -3.50. The van der Waals surface area contributed by atoms with Gasteiger partial charge in [-0.1, -0.05) is 25.5 Å². The molecule has 2 radical (unpaired) electrons. The van der Waals surface area contributed by atoms with E-state index in [2.05, 4.69) is 6.92 Å². The Morgan fingerprint density at radius 3 is 1.33 bits per heavy atom. The van der Waals surface area contributed by atoms with Crippen molar-refractivity contribution < 1.29 is 48.1 Å². The second kappa shape index (κ2) is 13.1. The maximum absolute atomic E-state index is 12.6. The third kappa shape index (κ3) is 6.74. The number of benzene rings is 2. The first kappa shape index (κ1) is 25.8. The highest BCUT2D eigenvalue weighted by atomic mass is 17.3. The monoisotopic (exact) mass is 462 g/mol. The SMILES string of the molecule is [CH2]CCC[C](OOC(=O)c1c(OC)cccc1OC)OOC(=O)c1c(OC)cccc1OC. The Morgan fingerprint density at radius 1 is 0.667 bits per heavy atom. The standard InChI is InChI=1S/C23H26O10/c1-6-7-14-19(30-32-22(24)20-15(26-2)10-8-11-16(20)27-3)31-33-23(25)21-17(28-4)12-9-13-18(21)29-5/h8-13H,1,6-7,14H2,2-5H3. The van der Waals surface area contributed by atoms with E-state index in [0.29, 0.717) is 12.8 Å². The summed E-state index contributed by atoms with van der Waals surface area (Å²) in [4.78, 5) is 45.0. The highest BCUT2D eigenvalue weighted by Crippen LogP contribution is 2.31. The van der Waals surface area contributed by atoms with Gasteiger partial charge in [-0.2, -0.15) is 0 Å². The Labute approximate surface area is 192 Å². The summed E-state index contributed by atoms with van der Waals surface area (Å²) in [5, 5.41) is 0. The molecule has 0 heterocycles. The van der Waals surface area contributed by atoms with Gasteiger partial charge in [-0.15, -0.1) is 9.78 Å². The summed E-state index contributed by atoms with van der Waals surface area (Å²) in [6, 6.07) is 9.54. The van der Waals surface area contributed by atoms with Crippen LogP contribution in [0.4, 0.5) is 0 Å². The smallest absolute Gasteiger partial charge is 0.380 e. The van der Waals surface area contributed by atoms with Crippen molar-refractivity contribution in [2.45, 2.75) is 19.3 Å². The fourth-order valence-corrected chi connectivity index (χ4v) is 2.72. The van der Waals surface area contributed by atoms with Crippen LogP contribution in [0.25, 0.3) is 0 Å². The summed E-state index contributed by atoms with van der Waals surface area (Å²) in [6.45, 7) is 3.73. The van der Waals surface area contributed by atoms with Crippen molar-refractivity contribution in [3.05, 3.63) is 60.7 Å². The van der Waals surface area contributed by atoms with Crippen LogP contribution in [0.3, 0.4) is 0 Å². The first-order valence-electron chi connectivity index (χ1n) is 9.85. The van der Waals surface area contributed by atoms with Crippen molar-refractivity contribution >= 4 is 11.9 Å². The van der Waals surface area contributed by atoms with Gasteiger partial charge >= 0.3 is 18.2 Å². The van der Waals surface area contributed by atoms with Crippen molar-refractivity contribution in [2.24, 2.45) is 0 Å². The van der Waals surface area contributed by atoms with Crippen molar-refractivity contribution in [2.75, 3.05) is 28.4 Å². The van der Waals surface area contributed by atoms with Crippen molar-refractivity contribution in [1.82, 2.24) is 0 Å². The van der Waals surface area contributed by atoms with Crippen LogP contribution in [0.1, 0.15) is 40.0 Å². The van der Waals surface area contributed by atoms with Crippen LogP contribution in [0.15, 0.2) is 36.4 Å². The number of unbranched alkanes of at least 4 members (excludes halogenated alkanes) is 1. The lowest BCUT2D eigenvalue weighted by Crippen LogP contribution is -2.17. The Balaban J connectivity index is 2.09. The molecule has 0 aromatic heterocycles. The van der Waals surface area contributed by atoms with Gasteiger partial charge in [0.15, 0.2) is 0 Å².